The number of aromatic nitrogens is 2. The molecule has 0 atom stereocenters. The van der Waals surface area contributed by atoms with E-state index < -0.39 is 5.97 Å². The fraction of sp³-hybridized carbons (Fsp3) is 0.385. The van der Waals surface area contributed by atoms with Crippen molar-refractivity contribution < 1.29 is 14.3 Å². The van der Waals surface area contributed by atoms with Gasteiger partial charge < -0.3 is 9.47 Å². The van der Waals surface area contributed by atoms with Crippen molar-refractivity contribution >= 4 is 23.1 Å². The average molecular weight is 448 g/mol. The maximum Gasteiger partial charge on any atom is 0.344 e. The van der Waals surface area contributed by atoms with Gasteiger partial charge in [0.25, 0.3) is 5.56 Å². The van der Waals surface area contributed by atoms with Gasteiger partial charge in [0, 0.05) is 5.92 Å². The Morgan fingerprint density at radius 3 is 2.73 bits per heavy atom. The highest BCUT2D eigenvalue weighted by atomic mass is 16.6. The van der Waals surface area contributed by atoms with Crippen LogP contribution in [-0.2, 0) is 9.53 Å². The predicted molar refractivity (Wildman–Crippen MR) is 128 cm³/mol. The fourth-order valence-electron chi connectivity index (χ4n) is 4.13. The van der Waals surface area contributed by atoms with E-state index in [1.165, 1.54) is 11.1 Å². The first kappa shape index (κ1) is 22.7. The van der Waals surface area contributed by atoms with Crippen LogP contribution in [0.25, 0.3) is 10.9 Å². The van der Waals surface area contributed by atoms with Gasteiger partial charge in [0.15, 0.2) is 6.61 Å². The number of para-hydroxylation sites is 1. The minimum absolute atomic E-state index is 0.166. The first-order chi connectivity index (χ1) is 16.0. The molecule has 0 radical (unpaired) electrons. The Hall–Kier alpha value is -3.48. The molecule has 0 spiro atoms. The van der Waals surface area contributed by atoms with E-state index in [1.54, 1.807) is 38.3 Å². The largest absolute Gasteiger partial charge is 0.482 e. The van der Waals surface area contributed by atoms with Crippen LogP contribution in [0.2, 0.25) is 0 Å². The Bertz CT molecular complexity index is 1210. The van der Waals surface area contributed by atoms with Crippen molar-refractivity contribution in [2.24, 2.45) is 5.10 Å². The molecule has 1 aliphatic rings. The number of benzene rings is 2. The molecule has 0 bridgehead atoms. The van der Waals surface area contributed by atoms with Crippen LogP contribution in [0.4, 0.5) is 0 Å². The number of hydrogen-bond acceptors (Lipinski definition) is 6. The molecule has 7 nitrogen and oxygen atoms in total. The van der Waals surface area contributed by atoms with Gasteiger partial charge in [-0.05, 0) is 56.5 Å². The Balaban J connectivity index is 1.62. The SMILES string of the molecule is CC(C)OC(=O)COc1cccc(C=Nn2c(C3CCCCC3)nc3ccccc3c2=O)c1. The zero-order valence-corrected chi connectivity index (χ0v) is 19.1. The number of carbonyl (C=O) groups is 1. The average Bonchev–Trinajstić information content (AvgIpc) is 2.82. The van der Waals surface area contributed by atoms with Crippen LogP contribution in [0.15, 0.2) is 58.4 Å². The predicted octanol–water partition coefficient (Wildman–Crippen LogP) is 4.66. The van der Waals surface area contributed by atoms with Crippen molar-refractivity contribution in [3.05, 3.63) is 70.3 Å². The Labute approximate surface area is 193 Å². The van der Waals surface area contributed by atoms with Crippen LogP contribution in [0.5, 0.6) is 5.75 Å². The second-order valence-electron chi connectivity index (χ2n) is 8.58. The summed E-state index contributed by atoms with van der Waals surface area (Å²) in [6.07, 6.45) is 6.95. The van der Waals surface area contributed by atoms with E-state index >= 15 is 0 Å². The van der Waals surface area contributed by atoms with E-state index in [9.17, 15) is 9.59 Å². The Morgan fingerprint density at radius 1 is 1.15 bits per heavy atom. The van der Waals surface area contributed by atoms with E-state index in [4.69, 9.17) is 14.5 Å². The molecule has 1 fully saturated rings. The molecule has 1 aromatic heterocycles. The van der Waals surface area contributed by atoms with Crippen LogP contribution >= 0.6 is 0 Å². The van der Waals surface area contributed by atoms with E-state index in [2.05, 4.69) is 5.10 Å². The summed E-state index contributed by atoms with van der Waals surface area (Å²) in [5.74, 6) is 1.04. The van der Waals surface area contributed by atoms with E-state index in [-0.39, 0.29) is 24.2 Å². The number of hydrogen-bond donors (Lipinski definition) is 0. The molecule has 1 aliphatic carbocycles. The van der Waals surface area contributed by atoms with Crippen molar-refractivity contribution in [1.82, 2.24) is 9.66 Å². The van der Waals surface area contributed by atoms with E-state index in [0.717, 1.165) is 37.1 Å². The van der Waals surface area contributed by atoms with Gasteiger partial charge in [-0.3, -0.25) is 4.79 Å². The third-order valence-corrected chi connectivity index (χ3v) is 5.65. The molecule has 0 saturated heterocycles. The van der Waals surface area contributed by atoms with E-state index in [1.807, 2.05) is 30.3 Å². The smallest absolute Gasteiger partial charge is 0.344 e. The molecule has 2 aromatic carbocycles. The van der Waals surface area contributed by atoms with Crippen LogP contribution in [0, 0.1) is 0 Å². The third-order valence-electron chi connectivity index (χ3n) is 5.65. The highest BCUT2D eigenvalue weighted by Crippen LogP contribution is 2.31. The summed E-state index contributed by atoms with van der Waals surface area (Å²) in [5.41, 5.74) is 1.29. The molecular formula is C26H29N3O4. The minimum Gasteiger partial charge on any atom is -0.482 e. The van der Waals surface area contributed by atoms with Gasteiger partial charge in [0.05, 0.1) is 23.2 Å². The summed E-state index contributed by atoms with van der Waals surface area (Å²) in [4.78, 5) is 29.9. The summed E-state index contributed by atoms with van der Waals surface area (Å²) in [7, 11) is 0. The van der Waals surface area contributed by atoms with Crippen LogP contribution in [0.3, 0.4) is 0 Å². The van der Waals surface area contributed by atoms with Gasteiger partial charge >= 0.3 is 5.97 Å². The summed E-state index contributed by atoms with van der Waals surface area (Å²) in [6, 6.07) is 14.6. The minimum atomic E-state index is -0.421. The van der Waals surface area contributed by atoms with Crippen molar-refractivity contribution in [2.75, 3.05) is 6.61 Å². The van der Waals surface area contributed by atoms with Gasteiger partial charge in [-0.1, -0.05) is 43.5 Å². The topological polar surface area (TPSA) is 82.8 Å². The van der Waals surface area contributed by atoms with Gasteiger partial charge in [-0.25, -0.2) is 9.78 Å². The molecule has 1 saturated carbocycles. The highest BCUT2D eigenvalue weighted by molar-refractivity contribution is 5.81. The number of carbonyl (C=O) groups excluding carboxylic acids is 1. The molecule has 33 heavy (non-hydrogen) atoms. The van der Waals surface area contributed by atoms with Crippen molar-refractivity contribution in [2.45, 2.75) is 58.0 Å². The second-order valence-corrected chi connectivity index (χ2v) is 8.58. The zero-order valence-electron chi connectivity index (χ0n) is 19.1. The molecule has 0 aliphatic heterocycles. The van der Waals surface area contributed by atoms with Crippen molar-refractivity contribution in [1.29, 1.82) is 0 Å². The quantitative estimate of drug-likeness (QED) is 0.389. The zero-order chi connectivity index (χ0) is 23.2. The van der Waals surface area contributed by atoms with Crippen LogP contribution in [-0.4, -0.2) is 34.6 Å². The number of fused-ring (bicyclic) bond motifs is 1. The Morgan fingerprint density at radius 2 is 1.94 bits per heavy atom. The van der Waals surface area contributed by atoms with Crippen LogP contribution < -0.4 is 10.3 Å². The van der Waals surface area contributed by atoms with Gasteiger partial charge in [-0.2, -0.15) is 9.78 Å². The lowest BCUT2D eigenvalue weighted by Gasteiger charge is -2.22. The molecule has 3 aromatic rings. The monoisotopic (exact) mass is 447 g/mol. The first-order valence-corrected chi connectivity index (χ1v) is 11.5. The molecule has 4 rings (SSSR count). The maximum absolute atomic E-state index is 13.3. The molecular weight excluding hydrogens is 418 g/mol. The first-order valence-electron chi connectivity index (χ1n) is 11.5. The standard InChI is InChI=1S/C26H29N3O4/c1-18(2)33-24(30)17-32-21-12-8-9-19(15-21)16-27-29-25(20-10-4-3-5-11-20)28-23-14-7-6-13-22(23)26(29)31/h6-9,12-16,18,20H,3-5,10-11,17H2,1-2H3. The number of rotatable bonds is 7. The van der Waals surface area contributed by atoms with E-state index in [0.29, 0.717) is 16.7 Å². The summed E-state index contributed by atoms with van der Waals surface area (Å²) < 4.78 is 12.1. The van der Waals surface area contributed by atoms with Crippen molar-refractivity contribution in [3.8, 4) is 5.75 Å². The summed E-state index contributed by atoms with van der Waals surface area (Å²) in [5, 5.41) is 5.10. The van der Waals surface area contributed by atoms with Gasteiger partial charge in [0.2, 0.25) is 0 Å². The molecule has 0 amide bonds. The van der Waals surface area contributed by atoms with Gasteiger partial charge in [0.1, 0.15) is 11.6 Å². The lowest BCUT2D eigenvalue weighted by atomic mass is 9.88. The number of esters is 1. The second kappa shape index (κ2) is 10.4. The number of nitrogens with zero attached hydrogens (tertiary/aromatic N) is 3. The molecule has 0 unspecified atom stereocenters. The number of ether oxygens (including phenoxy) is 2. The lowest BCUT2D eigenvalue weighted by Crippen LogP contribution is -2.25. The fourth-order valence-corrected chi connectivity index (χ4v) is 4.13. The lowest BCUT2D eigenvalue weighted by molar-refractivity contribution is -0.149. The molecule has 7 heteroatoms. The van der Waals surface area contributed by atoms with Crippen molar-refractivity contribution in [3.63, 3.8) is 0 Å². The third kappa shape index (κ3) is 5.66. The normalized spacial score (nSPS) is 14.8. The molecule has 0 N–H and O–H groups in total. The van der Waals surface area contributed by atoms with Gasteiger partial charge in [-0.15, -0.1) is 0 Å². The summed E-state index contributed by atoms with van der Waals surface area (Å²) in [6.45, 7) is 3.42. The molecule has 172 valence electrons. The maximum atomic E-state index is 13.3. The summed E-state index contributed by atoms with van der Waals surface area (Å²) >= 11 is 0. The Kier molecular flexibility index (Phi) is 7.17. The molecule has 1 heterocycles. The highest BCUT2D eigenvalue weighted by Gasteiger charge is 2.22. The van der Waals surface area contributed by atoms with Crippen LogP contribution in [0.1, 0.15) is 63.3 Å².